The third kappa shape index (κ3) is 20.4. The molecule has 2 aliphatic rings. The van der Waals surface area contributed by atoms with Gasteiger partial charge in [0.15, 0.2) is 28.5 Å². The summed E-state index contributed by atoms with van der Waals surface area (Å²) >= 11 is 0. The second-order valence-electron chi connectivity index (χ2n) is 40.8. The molecule has 10 heteroatoms. The van der Waals surface area contributed by atoms with Crippen molar-refractivity contribution in [3.63, 3.8) is 0 Å². The van der Waals surface area contributed by atoms with E-state index in [4.69, 9.17) is 6.85 Å². The monoisotopic (exact) mass is 1810 g/mol. The molecule has 5 nitrogen and oxygen atoms in total. The van der Waals surface area contributed by atoms with Crippen LogP contribution in [0.1, 0.15) is 296 Å². The minimum absolute atomic E-state index is 0.115. The van der Waals surface area contributed by atoms with Gasteiger partial charge in [-0.1, -0.05) is 139 Å². The van der Waals surface area contributed by atoms with E-state index >= 15 is 22.0 Å². The van der Waals surface area contributed by atoms with E-state index in [0.717, 1.165) is 200 Å². The van der Waals surface area contributed by atoms with Crippen molar-refractivity contribution in [3.8, 4) is 56.3 Å². The molecule has 2 fully saturated rings. The molecule has 15 aromatic rings. The second kappa shape index (κ2) is 40.8. The van der Waals surface area contributed by atoms with E-state index in [9.17, 15) is 0 Å². The van der Waals surface area contributed by atoms with Crippen molar-refractivity contribution in [1.82, 2.24) is 0 Å². The summed E-state index contributed by atoms with van der Waals surface area (Å²) < 4.78 is 130. The highest BCUT2D eigenvalue weighted by molar-refractivity contribution is 5.99. The fraction of sp³-hybridized carbons (Fsp3) is 0.395. The largest absolute Gasteiger partial charge is 0.220 e. The number of aromatic nitrogens is 5. The Bertz CT molecular complexity index is 7260. The number of fused-ring (bicyclic) bond motifs is 5. The van der Waals surface area contributed by atoms with Gasteiger partial charge in [0.1, 0.15) is 64.3 Å². The van der Waals surface area contributed by atoms with Gasteiger partial charge in [0.05, 0.1) is 61.6 Å². The lowest BCUT2D eigenvalue weighted by Gasteiger charge is -2.23. The fourth-order valence-electron chi connectivity index (χ4n) is 21.1. The van der Waals surface area contributed by atoms with Crippen LogP contribution in [0.2, 0.25) is 0 Å². The number of pyridine rings is 5. The zero-order valence-corrected chi connectivity index (χ0v) is 86.5. The first kappa shape index (κ1) is 93.3. The van der Waals surface area contributed by atoms with E-state index in [1.807, 2.05) is 142 Å². The summed E-state index contributed by atoms with van der Waals surface area (Å²) in [6, 6.07) is 42.2. The molecule has 0 spiro atoms. The van der Waals surface area contributed by atoms with Gasteiger partial charge < -0.3 is 0 Å². The van der Waals surface area contributed by atoms with Crippen LogP contribution in [0, 0.1) is 168 Å². The third-order valence-corrected chi connectivity index (χ3v) is 30.3. The van der Waals surface area contributed by atoms with Gasteiger partial charge in [0.25, 0.3) is 0 Å². The van der Waals surface area contributed by atoms with Gasteiger partial charge in [-0.3, -0.25) is 0 Å². The molecule has 1 atom stereocenters. The standard InChI is InChI=1S/C26H31FN.C25H29FN.C25H31FN.2C24H29FN/c1-16-11-17(2)19(4)22(12-16)26-24-15-25(27)23(20-9-7-6-8-10-20)14-21(24)13-18(3)28(26)5;1-15-10-16(2)18(4)21(11-15)25-23-14-24(26)22(19-8-6-7-9-19)13-20(23)12-17(3)27(25)5;1-8-19(9-2)22-13-20-12-17(5)27(7)25(23(20)14-24(22)26)21-11-15(3)10-16(4)18(21)6;1-14-9-15(2)17(4)19(10-14)23-20-13-22(25)21(24(5,6)7)12-18(20)11-16(3)26(23)8;1-8-15(3)20-12-19-11-17(5)26(7)24(22(19)13-23(20)25)21-10-14(2)9-16(4)18(21)6/h11-15,20H,6-10H2,1-5H3;10-14,19H,6-9H2,1-5H3;10-14,19H,8-9H2,1-7H3;9-13H,1-8H3;9-13,15H,8H2,1-7H3/q5*+1/i13D;2*12D;2*11D. The van der Waals surface area contributed by atoms with Gasteiger partial charge in [-0.2, -0.15) is 22.8 Å². The topological polar surface area (TPSA) is 19.4 Å². The predicted molar refractivity (Wildman–Crippen MR) is 555 cm³/mol. The Morgan fingerprint density at radius 2 is 0.537 bits per heavy atom. The minimum atomic E-state index is -0.313. The first-order chi connectivity index (χ1) is 65.4. The zero-order valence-electron chi connectivity index (χ0n) is 91.5. The van der Waals surface area contributed by atoms with Crippen LogP contribution in [-0.4, -0.2) is 0 Å². The van der Waals surface area contributed by atoms with Crippen molar-refractivity contribution < 1.29 is 51.6 Å². The number of rotatable bonds is 12. The highest BCUT2D eigenvalue weighted by atomic mass is 19.1. The molecule has 0 radical (unpaired) electrons. The molecule has 1 unspecified atom stereocenters. The van der Waals surface area contributed by atoms with Gasteiger partial charge in [0.2, 0.25) is 28.5 Å². The second-order valence-corrected chi connectivity index (χ2v) is 40.8. The molecule has 0 aliphatic heterocycles. The van der Waals surface area contributed by atoms with E-state index in [1.165, 1.54) is 116 Å². The molecule has 5 aromatic heterocycles. The average Bonchev–Trinajstić information content (AvgIpc) is 1.19. The molecular formula is C124H149F5N5+5. The maximum Gasteiger partial charge on any atom is 0.220 e. The van der Waals surface area contributed by atoms with Crippen molar-refractivity contribution in [1.29, 1.82) is 0 Å². The van der Waals surface area contributed by atoms with Gasteiger partial charge in [0, 0.05) is 64.8 Å². The maximum absolute atomic E-state index is 15.4. The van der Waals surface area contributed by atoms with Gasteiger partial charge >= 0.3 is 0 Å². The number of benzene rings is 10. The summed E-state index contributed by atoms with van der Waals surface area (Å²) in [7, 11) is 9.90. The van der Waals surface area contributed by atoms with E-state index in [2.05, 4.69) is 194 Å². The number of nitrogens with zero attached hydrogens (tertiary/aromatic N) is 5. The lowest BCUT2D eigenvalue weighted by atomic mass is 9.83. The molecule has 2 aliphatic carbocycles. The van der Waals surface area contributed by atoms with Crippen molar-refractivity contribution in [2.45, 2.75) is 293 Å². The molecule has 0 saturated heterocycles. The third-order valence-electron chi connectivity index (χ3n) is 30.3. The van der Waals surface area contributed by atoms with E-state index < -0.39 is 0 Å². The van der Waals surface area contributed by atoms with Crippen LogP contribution in [-0.2, 0) is 40.7 Å². The van der Waals surface area contributed by atoms with Crippen molar-refractivity contribution >= 4 is 53.9 Å². The molecule has 0 N–H and O–H groups in total. The molecule has 0 amide bonds. The molecule has 134 heavy (non-hydrogen) atoms. The van der Waals surface area contributed by atoms with Crippen LogP contribution in [0.15, 0.2) is 152 Å². The Morgan fingerprint density at radius 1 is 0.299 bits per heavy atom. The number of aryl methyl sites for hydroxylation is 10. The molecule has 0 bridgehead atoms. The van der Waals surface area contributed by atoms with Crippen LogP contribution in [0.3, 0.4) is 0 Å². The van der Waals surface area contributed by atoms with E-state index in [-0.39, 0.29) is 52.3 Å². The summed E-state index contributed by atoms with van der Waals surface area (Å²) in [5.74, 6) is 0.121. The molecule has 17 rings (SSSR count). The summed E-state index contributed by atoms with van der Waals surface area (Å²) in [6.45, 7) is 55.9. The van der Waals surface area contributed by atoms with Gasteiger partial charge in [-0.25, -0.2) is 22.0 Å². The Labute approximate surface area is 805 Å². The van der Waals surface area contributed by atoms with E-state index in [1.54, 1.807) is 30.3 Å². The molecule has 2 saturated carbocycles. The van der Waals surface area contributed by atoms with Crippen LogP contribution in [0.5, 0.6) is 0 Å². The summed E-state index contributed by atoms with van der Waals surface area (Å²) in [5, 5.41) is 8.33. The lowest BCUT2D eigenvalue weighted by molar-refractivity contribution is -0.665. The van der Waals surface area contributed by atoms with Crippen molar-refractivity contribution in [2.75, 3.05) is 0 Å². The molecule has 700 valence electrons. The smallest absolute Gasteiger partial charge is 0.207 e. The number of hydrogen-bond donors (Lipinski definition) is 0. The molecule has 5 heterocycles. The fourth-order valence-corrected chi connectivity index (χ4v) is 21.1. The Balaban J connectivity index is 0.000000147. The maximum atomic E-state index is 15.4. The highest BCUT2D eigenvalue weighted by Gasteiger charge is 2.33. The minimum Gasteiger partial charge on any atom is -0.207 e. The summed E-state index contributed by atoms with van der Waals surface area (Å²) in [6.07, 6.45) is 12.8. The van der Waals surface area contributed by atoms with Crippen molar-refractivity contribution in [2.24, 2.45) is 35.2 Å². The molecule has 10 aromatic carbocycles. The van der Waals surface area contributed by atoms with Crippen molar-refractivity contribution in [3.05, 3.63) is 320 Å². The van der Waals surface area contributed by atoms with Gasteiger partial charge in [-0.15, -0.1) is 0 Å². The number of hydrogen-bond acceptors (Lipinski definition) is 0. The first-order valence-corrected chi connectivity index (χ1v) is 48.9. The van der Waals surface area contributed by atoms with E-state index in [0.29, 0.717) is 47.3 Å². The zero-order chi connectivity index (χ0) is 102. The summed E-state index contributed by atoms with van der Waals surface area (Å²) in [4.78, 5) is 0. The Kier molecular flexibility index (Phi) is 28.4. The Morgan fingerprint density at radius 3 is 0.806 bits per heavy atom. The van der Waals surface area contributed by atoms with Crippen LogP contribution < -0.4 is 22.8 Å². The normalized spacial score (nSPS) is 13.9. The predicted octanol–water partition coefficient (Wildman–Crippen LogP) is 31.9. The lowest BCUT2D eigenvalue weighted by Crippen LogP contribution is -2.35. The SMILES string of the molecule is [2H]c1c(C)[n+](C)c(-c2cc(C)cc(C)c2C)c2cc(F)c(C(C)(C)C)cc12.[2H]c1c(C)[n+](C)c(-c2cc(C)cc(C)c2C)c2cc(F)c(C(C)CC)cc12.[2H]c1c(C)[n+](C)c(-c2cc(C)cc(C)c2C)c2cc(F)c(C(CC)CC)cc12.[2H]c1c(C)[n+](C)c(-c2cc(C)cc(C)c2C)c2cc(F)c(C3CCCC3)cc12.[2H]c1c(C)[n+](C)c(-c2cc(C)cc(C)c2C)c2cc(F)c(C3CCCCC3)cc12. The average molecular weight is 1810 g/mol. The Hall–Kier alpha value is -11.1. The van der Waals surface area contributed by atoms with Crippen LogP contribution in [0.25, 0.3) is 110 Å². The number of halogens is 5. The van der Waals surface area contributed by atoms with Crippen LogP contribution >= 0.6 is 0 Å². The molecular weight excluding hydrogens is 1650 g/mol. The highest BCUT2D eigenvalue weighted by Crippen LogP contribution is 2.45. The van der Waals surface area contributed by atoms with Gasteiger partial charge in [-0.05, 0) is 379 Å². The summed E-state index contributed by atoms with van der Waals surface area (Å²) in [5.41, 5.74) is 36.5. The quantitative estimate of drug-likeness (QED) is 0.0858. The van der Waals surface area contributed by atoms with Crippen LogP contribution in [0.4, 0.5) is 22.0 Å². The first-order valence-electron chi connectivity index (χ1n) is 51.4.